The lowest BCUT2D eigenvalue weighted by atomic mass is 9.82. The Morgan fingerprint density at radius 1 is 1.28 bits per heavy atom. The summed E-state index contributed by atoms with van der Waals surface area (Å²) in [5.41, 5.74) is 6.16. The highest BCUT2D eigenvalue weighted by atomic mass is 16.5. The maximum absolute atomic E-state index is 12.7. The van der Waals surface area contributed by atoms with Crippen molar-refractivity contribution in [1.82, 2.24) is 0 Å². The van der Waals surface area contributed by atoms with Gasteiger partial charge in [-0.05, 0) is 31.5 Å². The molecule has 3 N–H and O–H groups in total. The van der Waals surface area contributed by atoms with E-state index >= 15 is 0 Å². The van der Waals surface area contributed by atoms with Crippen LogP contribution in [0.25, 0.3) is 0 Å². The fourth-order valence-electron chi connectivity index (χ4n) is 2.94. The first kappa shape index (κ1) is 21.6. The SMILES string of the molecule is CCOC(=O)CC1=C(C(=O)OCC)C(c2ccc(OC)c(O)c2)C(C#N)=C(N)O1. The monoisotopic (exact) mass is 402 g/mol. The van der Waals surface area contributed by atoms with E-state index in [0.717, 1.165) is 0 Å². The summed E-state index contributed by atoms with van der Waals surface area (Å²) in [5.74, 6) is -2.71. The molecule has 0 amide bonds. The number of aromatic hydroxyl groups is 1. The van der Waals surface area contributed by atoms with Gasteiger partial charge in [0.05, 0.1) is 31.8 Å². The molecule has 1 atom stereocenters. The predicted molar refractivity (Wildman–Crippen MR) is 100 cm³/mol. The Balaban J connectivity index is 2.67. The van der Waals surface area contributed by atoms with Crippen molar-refractivity contribution in [3.63, 3.8) is 0 Å². The van der Waals surface area contributed by atoms with Crippen molar-refractivity contribution < 1.29 is 33.6 Å². The summed E-state index contributed by atoms with van der Waals surface area (Å²) in [4.78, 5) is 24.7. The molecule has 1 heterocycles. The summed E-state index contributed by atoms with van der Waals surface area (Å²) >= 11 is 0. The molecule has 9 heteroatoms. The van der Waals surface area contributed by atoms with Crippen LogP contribution in [0.1, 0.15) is 31.7 Å². The van der Waals surface area contributed by atoms with Gasteiger partial charge in [0, 0.05) is 0 Å². The van der Waals surface area contributed by atoms with Crippen molar-refractivity contribution in [1.29, 1.82) is 5.26 Å². The second kappa shape index (κ2) is 9.50. The molecule has 0 radical (unpaired) electrons. The summed E-state index contributed by atoms with van der Waals surface area (Å²) in [6.07, 6.45) is -0.375. The van der Waals surface area contributed by atoms with E-state index in [2.05, 4.69) is 0 Å². The fourth-order valence-corrected chi connectivity index (χ4v) is 2.94. The third-order valence-corrected chi connectivity index (χ3v) is 4.14. The van der Waals surface area contributed by atoms with Gasteiger partial charge in [-0.3, -0.25) is 4.79 Å². The number of esters is 2. The Labute approximate surface area is 167 Å². The molecule has 9 nitrogen and oxygen atoms in total. The maximum Gasteiger partial charge on any atom is 0.338 e. The quantitative estimate of drug-likeness (QED) is 0.655. The molecule has 1 aromatic carbocycles. The Morgan fingerprint density at radius 2 is 1.97 bits per heavy atom. The molecule has 1 unspecified atom stereocenters. The predicted octanol–water partition coefficient (Wildman–Crippen LogP) is 1.98. The van der Waals surface area contributed by atoms with Gasteiger partial charge < -0.3 is 29.8 Å². The number of methoxy groups -OCH3 is 1. The van der Waals surface area contributed by atoms with Crippen molar-refractivity contribution in [3.8, 4) is 17.6 Å². The largest absolute Gasteiger partial charge is 0.504 e. The molecule has 0 bridgehead atoms. The van der Waals surface area contributed by atoms with E-state index in [1.54, 1.807) is 19.9 Å². The molecule has 0 fully saturated rings. The number of rotatable bonds is 7. The van der Waals surface area contributed by atoms with Crippen molar-refractivity contribution in [3.05, 3.63) is 46.6 Å². The number of nitrogens with zero attached hydrogens (tertiary/aromatic N) is 1. The first-order valence-corrected chi connectivity index (χ1v) is 8.88. The summed E-state index contributed by atoms with van der Waals surface area (Å²) < 4.78 is 20.5. The molecular formula is C20H22N2O7. The van der Waals surface area contributed by atoms with Gasteiger partial charge in [0.2, 0.25) is 5.88 Å². The number of allylic oxidation sites excluding steroid dienone is 1. The van der Waals surface area contributed by atoms with E-state index in [0.29, 0.717) is 5.56 Å². The molecule has 0 spiro atoms. The van der Waals surface area contributed by atoms with Crippen LogP contribution in [0.15, 0.2) is 41.0 Å². The normalized spacial score (nSPS) is 16.0. The zero-order valence-electron chi connectivity index (χ0n) is 16.4. The van der Waals surface area contributed by atoms with E-state index in [-0.39, 0.29) is 53.9 Å². The lowest BCUT2D eigenvalue weighted by Crippen LogP contribution is -2.27. The molecule has 0 aromatic heterocycles. The highest BCUT2D eigenvalue weighted by molar-refractivity contribution is 5.93. The molecule has 2 rings (SSSR count). The number of carbonyl (C=O) groups excluding carboxylic acids is 2. The number of hydrogen-bond acceptors (Lipinski definition) is 9. The molecule has 29 heavy (non-hydrogen) atoms. The van der Waals surface area contributed by atoms with Crippen LogP contribution in [0.4, 0.5) is 0 Å². The van der Waals surface area contributed by atoms with Crippen LogP contribution in [-0.4, -0.2) is 37.4 Å². The molecule has 0 saturated heterocycles. The van der Waals surface area contributed by atoms with Crippen molar-refractivity contribution in [2.24, 2.45) is 5.73 Å². The number of ether oxygens (including phenoxy) is 4. The summed E-state index contributed by atoms with van der Waals surface area (Å²) in [7, 11) is 1.39. The highest BCUT2D eigenvalue weighted by Gasteiger charge is 2.38. The van der Waals surface area contributed by atoms with E-state index in [4.69, 9.17) is 24.7 Å². The first-order chi connectivity index (χ1) is 13.9. The third kappa shape index (κ3) is 4.60. The van der Waals surface area contributed by atoms with Gasteiger partial charge >= 0.3 is 11.9 Å². The van der Waals surface area contributed by atoms with Crippen molar-refractivity contribution in [2.75, 3.05) is 20.3 Å². The van der Waals surface area contributed by atoms with Crippen LogP contribution < -0.4 is 10.5 Å². The number of carbonyl (C=O) groups is 2. The smallest absolute Gasteiger partial charge is 0.338 e. The molecule has 1 aromatic rings. The second-order valence-electron chi connectivity index (χ2n) is 5.90. The summed E-state index contributed by atoms with van der Waals surface area (Å²) in [6, 6.07) is 6.34. The average molecular weight is 402 g/mol. The van der Waals surface area contributed by atoms with Gasteiger partial charge in [0.25, 0.3) is 0 Å². The Hall–Kier alpha value is -3.67. The van der Waals surface area contributed by atoms with Crippen molar-refractivity contribution in [2.45, 2.75) is 26.2 Å². The number of nitrogens with two attached hydrogens (primary N) is 1. The Kier molecular flexibility index (Phi) is 7.09. The molecular weight excluding hydrogens is 380 g/mol. The summed E-state index contributed by atoms with van der Waals surface area (Å²) in [6.45, 7) is 3.48. The van der Waals surface area contributed by atoms with Crippen LogP contribution in [-0.2, 0) is 23.8 Å². The van der Waals surface area contributed by atoms with E-state index in [9.17, 15) is 20.0 Å². The molecule has 154 valence electrons. The average Bonchev–Trinajstić information content (AvgIpc) is 2.67. The van der Waals surface area contributed by atoms with Gasteiger partial charge in [-0.25, -0.2) is 4.79 Å². The minimum Gasteiger partial charge on any atom is -0.504 e. The van der Waals surface area contributed by atoms with Gasteiger partial charge in [-0.1, -0.05) is 6.07 Å². The van der Waals surface area contributed by atoms with E-state index in [1.807, 2.05) is 6.07 Å². The Bertz CT molecular complexity index is 912. The van der Waals surface area contributed by atoms with Gasteiger partial charge in [-0.15, -0.1) is 0 Å². The maximum atomic E-state index is 12.7. The second-order valence-corrected chi connectivity index (χ2v) is 5.90. The van der Waals surface area contributed by atoms with Crippen molar-refractivity contribution >= 4 is 11.9 Å². The van der Waals surface area contributed by atoms with E-state index < -0.39 is 17.9 Å². The number of nitriles is 1. The van der Waals surface area contributed by atoms with Crippen LogP contribution in [0.5, 0.6) is 11.5 Å². The Morgan fingerprint density at radius 3 is 2.52 bits per heavy atom. The standard InChI is InChI=1S/C20H22N2O7/c1-4-27-16(24)9-15-18(20(25)28-5-2)17(12(10-21)19(22)29-15)11-6-7-14(26-3)13(23)8-11/h6-8,17,23H,4-5,9,22H2,1-3H3. The number of phenols is 1. The molecule has 1 aliphatic heterocycles. The van der Waals surface area contributed by atoms with Gasteiger partial charge in [-0.2, -0.15) is 5.26 Å². The number of phenolic OH excluding ortho intramolecular Hbond substituents is 1. The molecule has 1 aliphatic rings. The first-order valence-electron chi connectivity index (χ1n) is 8.88. The topological polar surface area (TPSA) is 141 Å². The number of hydrogen-bond donors (Lipinski definition) is 2. The zero-order valence-corrected chi connectivity index (χ0v) is 16.4. The lowest BCUT2D eigenvalue weighted by Gasteiger charge is -2.28. The van der Waals surface area contributed by atoms with E-state index in [1.165, 1.54) is 19.2 Å². The minimum atomic E-state index is -1.01. The van der Waals surface area contributed by atoms with Crippen LogP contribution in [0.3, 0.4) is 0 Å². The van der Waals surface area contributed by atoms with Crippen LogP contribution in [0.2, 0.25) is 0 Å². The molecule has 0 saturated carbocycles. The summed E-state index contributed by atoms with van der Waals surface area (Å²) in [5, 5.41) is 19.8. The third-order valence-electron chi connectivity index (χ3n) is 4.14. The fraction of sp³-hybridized carbons (Fsp3) is 0.350. The van der Waals surface area contributed by atoms with Crippen LogP contribution >= 0.6 is 0 Å². The minimum absolute atomic E-state index is 0.0507. The highest BCUT2D eigenvalue weighted by Crippen LogP contribution is 2.42. The zero-order chi connectivity index (χ0) is 21.6. The lowest BCUT2D eigenvalue weighted by molar-refractivity contribution is -0.143. The van der Waals surface area contributed by atoms with Gasteiger partial charge in [0.15, 0.2) is 11.5 Å². The number of benzene rings is 1. The van der Waals surface area contributed by atoms with Gasteiger partial charge in [0.1, 0.15) is 23.8 Å². The molecule has 0 aliphatic carbocycles. The van der Waals surface area contributed by atoms with Crippen LogP contribution in [0, 0.1) is 11.3 Å².